The lowest BCUT2D eigenvalue weighted by Gasteiger charge is -2.10. The lowest BCUT2D eigenvalue weighted by atomic mass is 10.1. The van der Waals surface area contributed by atoms with Crippen LogP contribution in [0.15, 0.2) is 67.1 Å². The van der Waals surface area contributed by atoms with Crippen molar-refractivity contribution in [2.75, 3.05) is 10.6 Å². The Bertz CT molecular complexity index is 1420. The van der Waals surface area contributed by atoms with Crippen molar-refractivity contribution < 1.29 is 27.5 Å². The van der Waals surface area contributed by atoms with Crippen LogP contribution in [0.2, 0.25) is 0 Å². The summed E-state index contributed by atoms with van der Waals surface area (Å²) in [4.78, 5) is 32.7. The summed E-state index contributed by atoms with van der Waals surface area (Å²) in [5, 5.41) is 14.9. The number of unbranched alkanes of at least 4 members (excludes halogenated alkanes) is 1. The molecule has 40 heavy (non-hydrogen) atoms. The number of carbonyl (C=O) groups excluding carboxylic acids is 2. The standard InChI is InChI=1S/C27H25F3N6O3S/c28-27(29,30)39-21-8-3-6-19(13-21)14-23(37)33-22-11-10-18(17-32-22)5-1-2-9-25-35-36-26(40-25)34-24(38)15-20-7-4-12-31-16-20/h3-4,6-8,10-13,16-17H,1-2,5,9,14-15H2,(H,32,33,37)(H,34,36,38). The first-order valence-electron chi connectivity index (χ1n) is 12.3. The molecule has 1 aromatic carbocycles. The Morgan fingerprint density at radius 1 is 0.850 bits per heavy atom. The molecule has 13 heteroatoms. The largest absolute Gasteiger partial charge is 0.573 e. The quantitative estimate of drug-likeness (QED) is 0.226. The van der Waals surface area contributed by atoms with E-state index in [9.17, 15) is 22.8 Å². The third kappa shape index (κ3) is 9.73. The number of nitrogens with one attached hydrogen (secondary N) is 2. The monoisotopic (exact) mass is 570 g/mol. The molecule has 208 valence electrons. The zero-order valence-corrected chi connectivity index (χ0v) is 22.0. The molecule has 9 nitrogen and oxygen atoms in total. The highest BCUT2D eigenvalue weighted by Crippen LogP contribution is 2.24. The normalized spacial score (nSPS) is 11.2. The van der Waals surface area contributed by atoms with Crippen LogP contribution in [0, 0.1) is 0 Å². The van der Waals surface area contributed by atoms with Gasteiger partial charge in [-0.05, 0) is 60.2 Å². The second kappa shape index (κ2) is 13.6. The van der Waals surface area contributed by atoms with Gasteiger partial charge in [0.1, 0.15) is 16.6 Å². The predicted octanol–water partition coefficient (Wildman–Crippen LogP) is 5.15. The first-order chi connectivity index (χ1) is 19.2. The average molecular weight is 571 g/mol. The Morgan fingerprint density at radius 3 is 2.38 bits per heavy atom. The van der Waals surface area contributed by atoms with E-state index < -0.39 is 12.3 Å². The third-order valence-electron chi connectivity index (χ3n) is 5.50. The number of aromatic nitrogens is 4. The molecule has 0 bridgehead atoms. The maximum Gasteiger partial charge on any atom is 0.573 e. The van der Waals surface area contributed by atoms with Crippen LogP contribution >= 0.6 is 11.3 Å². The summed E-state index contributed by atoms with van der Waals surface area (Å²) in [6.45, 7) is 0. The lowest BCUT2D eigenvalue weighted by molar-refractivity contribution is -0.274. The molecule has 0 aliphatic rings. The van der Waals surface area contributed by atoms with Gasteiger partial charge in [-0.25, -0.2) is 4.98 Å². The summed E-state index contributed by atoms with van der Waals surface area (Å²) >= 11 is 1.35. The number of halogens is 3. The van der Waals surface area contributed by atoms with E-state index >= 15 is 0 Å². The zero-order valence-electron chi connectivity index (χ0n) is 21.1. The molecule has 0 atom stereocenters. The first kappa shape index (κ1) is 28.6. The molecule has 3 aromatic heterocycles. The van der Waals surface area contributed by atoms with Gasteiger partial charge in [-0.15, -0.1) is 23.4 Å². The maximum atomic E-state index is 12.4. The molecule has 3 heterocycles. The number of carbonyl (C=O) groups is 2. The van der Waals surface area contributed by atoms with Crippen LogP contribution in [0.25, 0.3) is 0 Å². The summed E-state index contributed by atoms with van der Waals surface area (Å²) in [7, 11) is 0. The van der Waals surface area contributed by atoms with Crippen molar-refractivity contribution >= 4 is 34.1 Å². The summed E-state index contributed by atoms with van der Waals surface area (Å²) in [6.07, 6.45) is 3.53. The van der Waals surface area contributed by atoms with E-state index in [1.54, 1.807) is 36.8 Å². The molecule has 0 fully saturated rings. The SMILES string of the molecule is O=C(Cc1cccc(OC(F)(F)F)c1)Nc1ccc(CCCCc2nnc(NC(=O)Cc3cccnc3)s2)cn1. The van der Waals surface area contributed by atoms with E-state index in [0.717, 1.165) is 41.8 Å². The number of hydrogen-bond donors (Lipinski definition) is 2. The Morgan fingerprint density at radius 2 is 1.62 bits per heavy atom. The van der Waals surface area contributed by atoms with Gasteiger partial charge < -0.3 is 15.4 Å². The van der Waals surface area contributed by atoms with E-state index in [4.69, 9.17) is 0 Å². The van der Waals surface area contributed by atoms with Crippen LogP contribution in [-0.4, -0.2) is 38.3 Å². The van der Waals surface area contributed by atoms with Crippen LogP contribution < -0.4 is 15.4 Å². The van der Waals surface area contributed by atoms with E-state index in [2.05, 4.69) is 35.5 Å². The second-order valence-electron chi connectivity index (χ2n) is 8.77. The molecule has 0 unspecified atom stereocenters. The minimum absolute atomic E-state index is 0.125. The predicted molar refractivity (Wildman–Crippen MR) is 143 cm³/mol. The number of pyridine rings is 2. The summed E-state index contributed by atoms with van der Waals surface area (Å²) in [6, 6.07) is 12.4. The van der Waals surface area contributed by atoms with Crippen molar-refractivity contribution in [1.29, 1.82) is 0 Å². The molecule has 4 aromatic rings. The van der Waals surface area contributed by atoms with Gasteiger partial charge in [0, 0.05) is 25.0 Å². The molecule has 0 spiro atoms. The van der Waals surface area contributed by atoms with Crippen molar-refractivity contribution in [1.82, 2.24) is 20.2 Å². The zero-order chi connectivity index (χ0) is 28.4. The van der Waals surface area contributed by atoms with Gasteiger partial charge in [0.2, 0.25) is 16.9 Å². The maximum absolute atomic E-state index is 12.4. The van der Waals surface area contributed by atoms with Crippen LogP contribution in [0.3, 0.4) is 0 Å². The minimum atomic E-state index is -4.80. The number of anilines is 2. The van der Waals surface area contributed by atoms with Crippen LogP contribution in [0.1, 0.15) is 34.5 Å². The van der Waals surface area contributed by atoms with Crippen molar-refractivity contribution in [2.24, 2.45) is 0 Å². The highest BCUT2D eigenvalue weighted by atomic mass is 32.1. The van der Waals surface area contributed by atoms with E-state index in [0.29, 0.717) is 16.5 Å². The van der Waals surface area contributed by atoms with Gasteiger partial charge >= 0.3 is 6.36 Å². The fraction of sp³-hybridized carbons (Fsp3) is 0.259. The highest BCUT2D eigenvalue weighted by Gasteiger charge is 2.31. The van der Waals surface area contributed by atoms with Crippen molar-refractivity contribution in [3.8, 4) is 5.75 Å². The van der Waals surface area contributed by atoms with Gasteiger partial charge in [0.15, 0.2) is 0 Å². The van der Waals surface area contributed by atoms with Gasteiger partial charge in [-0.3, -0.25) is 14.6 Å². The van der Waals surface area contributed by atoms with Crippen LogP contribution in [-0.2, 0) is 35.3 Å². The Hall–Kier alpha value is -4.39. The Labute approximate surface area is 231 Å². The first-order valence-corrected chi connectivity index (χ1v) is 13.1. The van der Waals surface area contributed by atoms with Crippen molar-refractivity contribution in [2.45, 2.75) is 44.9 Å². The fourth-order valence-electron chi connectivity index (χ4n) is 3.73. The smallest absolute Gasteiger partial charge is 0.406 e. The van der Waals surface area contributed by atoms with E-state index in [1.807, 2.05) is 12.1 Å². The van der Waals surface area contributed by atoms with Gasteiger partial charge in [-0.2, -0.15) is 0 Å². The molecule has 0 radical (unpaired) electrons. The number of rotatable bonds is 12. The minimum Gasteiger partial charge on any atom is -0.406 e. The molecular weight excluding hydrogens is 545 g/mol. The van der Waals surface area contributed by atoms with Gasteiger partial charge in [0.05, 0.1) is 12.8 Å². The van der Waals surface area contributed by atoms with Gasteiger partial charge in [-0.1, -0.05) is 35.6 Å². The van der Waals surface area contributed by atoms with Crippen LogP contribution in [0.4, 0.5) is 24.1 Å². The van der Waals surface area contributed by atoms with Crippen molar-refractivity contribution in [3.63, 3.8) is 0 Å². The molecule has 2 amide bonds. The Balaban J connectivity index is 1.15. The van der Waals surface area contributed by atoms with E-state index in [-0.39, 0.29) is 24.5 Å². The number of aryl methyl sites for hydroxylation is 2. The summed E-state index contributed by atoms with van der Waals surface area (Å²) in [5.74, 6) is -0.611. The molecule has 0 aliphatic carbocycles. The van der Waals surface area contributed by atoms with E-state index in [1.165, 1.54) is 29.5 Å². The molecule has 0 saturated carbocycles. The second-order valence-corrected chi connectivity index (χ2v) is 9.83. The lowest BCUT2D eigenvalue weighted by Crippen LogP contribution is -2.18. The fourth-order valence-corrected chi connectivity index (χ4v) is 4.53. The summed E-state index contributed by atoms with van der Waals surface area (Å²) in [5.41, 5.74) is 2.19. The number of alkyl halides is 3. The summed E-state index contributed by atoms with van der Waals surface area (Å²) < 4.78 is 41.1. The topological polar surface area (TPSA) is 119 Å². The number of amides is 2. The van der Waals surface area contributed by atoms with Crippen LogP contribution in [0.5, 0.6) is 5.75 Å². The number of hydrogen-bond acceptors (Lipinski definition) is 8. The highest BCUT2D eigenvalue weighted by molar-refractivity contribution is 7.15. The van der Waals surface area contributed by atoms with Crippen molar-refractivity contribution in [3.05, 3.63) is 88.8 Å². The molecule has 2 N–H and O–H groups in total. The molecule has 0 saturated heterocycles. The Kier molecular flexibility index (Phi) is 9.73. The molecular formula is C27H25F3N6O3S. The van der Waals surface area contributed by atoms with Gasteiger partial charge in [0.25, 0.3) is 0 Å². The molecule has 4 rings (SSSR count). The number of ether oxygens (including phenoxy) is 1. The average Bonchev–Trinajstić information content (AvgIpc) is 3.34. The number of benzene rings is 1. The number of nitrogens with zero attached hydrogens (tertiary/aromatic N) is 4. The third-order valence-corrected chi connectivity index (χ3v) is 6.39. The molecule has 0 aliphatic heterocycles.